The number of hydrogen-bond donors (Lipinski definition) is 2. The average Bonchev–Trinajstić information content (AvgIpc) is 3.39. The van der Waals surface area contributed by atoms with Gasteiger partial charge in [-0.3, -0.25) is 9.59 Å². The normalized spacial score (nSPS) is 11.2. The largest absolute Gasteiger partial charge is 0.455 e. The van der Waals surface area contributed by atoms with Gasteiger partial charge in [0.15, 0.2) is 0 Å². The molecule has 0 saturated heterocycles. The van der Waals surface area contributed by atoms with E-state index in [0.717, 1.165) is 27.8 Å². The smallest absolute Gasteiger partial charge is 0.255 e. The minimum absolute atomic E-state index is 0.165. The molecule has 2 amide bonds. The van der Waals surface area contributed by atoms with Gasteiger partial charge in [-0.15, -0.1) is 0 Å². The van der Waals surface area contributed by atoms with Crippen molar-refractivity contribution in [1.82, 2.24) is 10.6 Å². The van der Waals surface area contributed by atoms with Gasteiger partial charge < -0.3 is 19.8 Å². The fraction of sp³-hybridized carbons (Fsp3) is 0.200. The third kappa shape index (κ3) is 5.83. The number of carbonyl (C=O) groups excluding carboxylic acids is 2. The van der Waals surface area contributed by atoms with Crippen molar-refractivity contribution in [3.05, 3.63) is 107 Å². The monoisotopic (exact) mass is 564 g/mol. The molecule has 5 rings (SSSR count). The van der Waals surface area contributed by atoms with E-state index >= 15 is 0 Å². The van der Waals surface area contributed by atoms with E-state index in [1.165, 1.54) is 12.1 Å². The molecule has 0 atom stereocenters. The Morgan fingerprint density at radius 2 is 1.55 bits per heavy atom. The van der Waals surface area contributed by atoms with E-state index < -0.39 is 0 Å². The molecule has 0 aliphatic carbocycles. The Labute approximate surface area is 244 Å². The van der Waals surface area contributed by atoms with Crippen LogP contribution in [0.5, 0.6) is 0 Å². The molecule has 0 bridgehead atoms. The van der Waals surface area contributed by atoms with Gasteiger partial charge in [0.25, 0.3) is 11.8 Å². The lowest BCUT2D eigenvalue weighted by Gasteiger charge is -2.16. The number of hydrogen-bond acceptors (Lipinski definition) is 4. The number of rotatable bonds is 9. The minimum atomic E-state index is -0.375. The number of fused-ring (bicyclic) bond motifs is 1. The van der Waals surface area contributed by atoms with Crippen molar-refractivity contribution in [1.29, 1.82) is 0 Å². The molecule has 0 aliphatic rings. The number of furan rings is 1. The van der Waals surface area contributed by atoms with Crippen LogP contribution in [0.4, 0.5) is 4.39 Å². The van der Waals surface area contributed by atoms with E-state index in [0.29, 0.717) is 52.5 Å². The van der Waals surface area contributed by atoms with E-state index in [1.54, 1.807) is 26.3 Å². The van der Waals surface area contributed by atoms with E-state index in [-0.39, 0.29) is 17.6 Å². The highest BCUT2D eigenvalue weighted by molar-refractivity contribution is 6.12. The van der Waals surface area contributed by atoms with Gasteiger partial charge in [-0.2, -0.15) is 0 Å². The second-order valence-electron chi connectivity index (χ2n) is 10.6. The third-order valence-electron chi connectivity index (χ3n) is 7.12. The quantitative estimate of drug-likeness (QED) is 0.195. The summed E-state index contributed by atoms with van der Waals surface area (Å²) in [6.45, 7) is 5.07. The fourth-order valence-electron chi connectivity index (χ4n) is 5.04. The molecule has 6 nitrogen and oxygen atoms in total. The van der Waals surface area contributed by atoms with Crippen LogP contribution in [0.15, 0.2) is 89.3 Å². The van der Waals surface area contributed by atoms with Crippen molar-refractivity contribution >= 4 is 22.8 Å². The van der Waals surface area contributed by atoms with E-state index in [1.807, 2.05) is 60.7 Å². The Kier molecular flexibility index (Phi) is 8.50. The van der Waals surface area contributed by atoms with Crippen LogP contribution in [0, 0.1) is 11.7 Å². The highest BCUT2D eigenvalue weighted by Gasteiger charge is 2.23. The van der Waals surface area contributed by atoms with Crippen LogP contribution >= 0.6 is 0 Å². The van der Waals surface area contributed by atoms with Crippen molar-refractivity contribution in [3.63, 3.8) is 0 Å². The SMILES string of the molecule is CNC(=O)c1c(-c2ccc(F)cc2)oc2ccc(-c3ccc(-c4ccccc4COC)c(C(=O)NCC(C)C)c3)cc12. The highest BCUT2D eigenvalue weighted by atomic mass is 19.1. The summed E-state index contributed by atoms with van der Waals surface area (Å²) in [5.41, 5.74) is 6.37. The van der Waals surface area contributed by atoms with Crippen molar-refractivity contribution in [2.75, 3.05) is 20.7 Å². The van der Waals surface area contributed by atoms with Gasteiger partial charge in [-0.05, 0) is 76.2 Å². The molecular weight excluding hydrogens is 531 g/mol. The molecule has 0 fully saturated rings. The molecule has 42 heavy (non-hydrogen) atoms. The predicted molar refractivity (Wildman–Crippen MR) is 164 cm³/mol. The molecule has 2 N–H and O–H groups in total. The summed E-state index contributed by atoms with van der Waals surface area (Å²) >= 11 is 0. The maximum atomic E-state index is 13.6. The maximum Gasteiger partial charge on any atom is 0.255 e. The summed E-state index contributed by atoms with van der Waals surface area (Å²) in [4.78, 5) is 26.6. The van der Waals surface area contributed by atoms with Gasteiger partial charge >= 0.3 is 0 Å². The molecule has 1 heterocycles. The standard InChI is InChI=1S/C35H33FN2O4/c1-21(2)19-38-34(39)29-17-23(11-15-28(29)27-8-6-5-7-25(27)20-41-4)24-12-16-31-30(18-24)32(35(40)37-3)33(42-31)22-9-13-26(36)14-10-22/h5-18,21H,19-20H2,1-4H3,(H,37,40)(H,38,39). The summed E-state index contributed by atoms with van der Waals surface area (Å²) in [6, 6.07) is 25.1. The zero-order valence-electron chi connectivity index (χ0n) is 24.1. The summed E-state index contributed by atoms with van der Waals surface area (Å²) in [5.74, 6) is -0.199. The van der Waals surface area contributed by atoms with Gasteiger partial charge in [-0.1, -0.05) is 56.3 Å². The number of amides is 2. The number of methoxy groups -OCH3 is 1. The molecule has 214 valence electrons. The Morgan fingerprint density at radius 1 is 0.857 bits per heavy atom. The van der Waals surface area contributed by atoms with Crippen molar-refractivity contribution in [2.24, 2.45) is 5.92 Å². The topological polar surface area (TPSA) is 80.6 Å². The Hall–Kier alpha value is -4.75. The summed E-state index contributed by atoms with van der Waals surface area (Å²) in [6.07, 6.45) is 0. The first-order valence-corrected chi connectivity index (χ1v) is 13.8. The van der Waals surface area contributed by atoms with Gasteiger partial charge in [0, 0.05) is 37.2 Å². The lowest BCUT2D eigenvalue weighted by Crippen LogP contribution is -2.27. The Bertz CT molecular complexity index is 1760. The van der Waals surface area contributed by atoms with Crippen molar-refractivity contribution in [3.8, 4) is 33.6 Å². The first-order valence-electron chi connectivity index (χ1n) is 13.8. The zero-order chi connectivity index (χ0) is 29.8. The van der Waals surface area contributed by atoms with E-state index in [9.17, 15) is 14.0 Å². The second kappa shape index (κ2) is 12.4. The lowest BCUT2D eigenvalue weighted by atomic mass is 9.91. The van der Waals surface area contributed by atoms with E-state index in [4.69, 9.17) is 9.15 Å². The number of ether oxygens (including phenoxy) is 1. The Morgan fingerprint density at radius 3 is 2.26 bits per heavy atom. The summed E-state index contributed by atoms with van der Waals surface area (Å²) in [5, 5.41) is 6.37. The molecule has 7 heteroatoms. The lowest BCUT2D eigenvalue weighted by molar-refractivity contribution is 0.0946. The molecule has 0 unspecified atom stereocenters. The first kappa shape index (κ1) is 28.8. The van der Waals surface area contributed by atoms with E-state index in [2.05, 4.69) is 24.5 Å². The summed E-state index contributed by atoms with van der Waals surface area (Å²) < 4.78 is 25.1. The third-order valence-corrected chi connectivity index (χ3v) is 7.12. The molecule has 0 saturated carbocycles. The number of carbonyl (C=O) groups is 2. The van der Waals surface area contributed by atoms with Crippen LogP contribution < -0.4 is 10.6 Å². The Balaban J connectivity index is 1.65. The van der Waals surface area contributed by atoms with Gasteiger partial charge in [-0.25, -0.2) is 4.39 Å². The zero-order valence-corrected chi connectivity index (χ0v) is 24.1. The number of halogens is 1. The molecule has 0 spiro atoms. The molecule has 0 radical (unpaired) electrons. The maximum absolute atomic E-state index is 13.6. The number of benzene rings is 4. The minimum Gasteiger partial charge on any atom is -0.455 e. The molecule has 4 aromatic carbocycles. The van der Waals surface area contributed by atoms with Crippen LogP contribution in [0.2, 0.25) is 0 Å². The summed E-state index contributed by atoms with van der Waals surface area (Å²) in [7, 11) is 3.21. The number of nitrogens with one attached hydrogen (secondary N) is 2. The average molecular weight is 565 g/mol. The van der Waals surface area contributed by atoms with Gasteiger partial charge in [0.2, 0.25) is 0 Å². The molecule has 0 aliphatic heterocycles. The van der Waals surface area contributed by atoms with Crippen LogP contribution in [0.25, 0.3) is 44.5 Å². The predicted octanol–water partition coefficient (Wildman–Crippen LogP) is 7.46. The highest BCUT2D eigenvalue weighted by Crippen LogP contribution is 2.37. The molecular formula is C35H33FN2O4. The van der Waals surface area contributed by atoms with Crippen LogP contribution in [-0.4, -0.2) is 32.5 Å². The first-order chi connectivity index (χ1) is 20.3. The molecule has 5 aromatic rings. The van der Waals surface area contributed by atoms with Crippen molar-refractivity contribution in [2.45, 2.75) is 20.5 Å². The second-order valence-corrected chi connectivity index (χ2v) is 10.6. The van der Waals surface area contributed by atoms with Crippen LogP contribution in [0.1, 0.15) is 40.1 Å². The fourth-order valence-corrected chi connectivity index (χ4v) is 5.04. The van der Waals surface area contributed by atoms with Crippen LogP contribution in [-0.2, 0) is 11.3 Å². The van der Waals surface area contributed by atoms with Crippen LogP contribution in [0.3, 0.4) is 0 Å². The molecule has 1 aromatic heterocycles. The van der Waals surface area contributed by atoms with Gasteiger partial charge in [0.05, 0.1) is 12.2 Å². The van der Waals surface area contributed by atoms with Gasteiger partial charge in [0.1, 0.15) is 17.2 Å². The van der Waals surface area contributed by atoms with Crippen molar-refractivity contribution < 1.29 is 23.1 Å².